The van der Waals surface area contributed by atoms with Crippen molar-refractivity contribution in [1.29, 1.82) is 0 Å². The van der Waals surface area contributed by atoms with Gasteiger partial charge in [-0.2, -0.15) is 4.98 Å². The van der Waals surface area contributed by atoms with Crippen molar-refractivity contribution in [3.63, 3.8) is 0 Å². The van der Waals surface area contributed by atoms with Crippen LogP contribution >= 0.6 is 0 Å². The van der Waals surface area contributed by atoms with Gasteiger partial charge in [-0.15, -0.1) is 0 Å². The molecule has 0 spiro atoms. The Morgan fingerprint density at radius 3 is 2.27 bits per heavy atom. The highest BCUT2D eigenvalue weighted by molar-refractivity contribution is 7.90. The van der Waals surface area contributed by atoms with Gasteiger partial charge in [0, 0.05) is 35.2 Å². The lowest BCUT2D eigenvalue weighted by Crippen LogP contribution is -2.07. The second kappa shape index (κ2) is 9.97. The molecule has 0 fully saturated rings. The molecule has 4 aromatic rings. The number of methoxy groups -OCH3 is 1. The minimum absolute atomic E-state index is 0.0295. The Bertz CT molecular complexity index is 1340. The lowest BCUT2D eigenvalue weighted by Gasteiger charge is -2.14. The van der Waals surface area contributed by atoms with Gasteiger partial charge in [0.05, 0.1) is 17.9 Å². The summed E-state index contributed by atoms with van der Waals surface area (Å²) in [5, 5.41) is 7.52. The average Bonchev–Trinajstić information content (AvgIpc) is 2.82. The van der Waals surface area contributed by atoms with Gasteiger partial charge in [0.15, 0.2) is 9.84 Å². The maximum absolute atomic E-state index is 11.9. The number of sulfone groups is 1. The first-order valence-corrected chi connectivity index (χ1v) is 12.5. The van der Waals surface area contributed by atoms with Gasteiger partial charge in [-0.1, -0.05) is 49.4 Å². The Balaban J connectivity index is 1.69. The summed E-state index contributed by atoms with van der Waals surface area (Å²) < 4.78 is 29.1. The fraction of sp³-hybridized carbons (Fsp3) is 0.200. The van der Waals surface area contributed by atoms with E-state index in [1.807, 2.05) is 60.7 Å². The van der Waals surface area contributed by atoms with Gasteiger partial charge in [0.2, 0.25) is 5.95 Å². The van der Waals surface area contributed by atoms with Crippen LogP contribution in [-0.2, 0) is 26.9 Å². The highest BCUT2D eigenvalue weighted by atomic mass is 32.2. The van der Waals surface area contributed by atoms with Crippen LogP contribution in [-0.4, -0.2) is 31.2 Å². The molecule has 0 saturated heterocycles. The van der Waals surface area contributed by atoms with Crippen molar-refractivity contribution in [3.8, 4) is 0 Å². The molecule has 0 saturated carbocycles. The molecule has 4 rings (SSSR count). The largest absolute Gasteiger partial charge is 0.380 e. The Labute approximate surface area is 193 Å². The van der Waals surface area contributed by atoms with Crippen LogP contribution in [0.2, 0.25) is 0 Å². The summed E-state index contributed by atoms with van der Waals surface area (Å²) in [5.74, 6) is 1.26. The number of anilines is 4. The summed E-state index contributed by atoms with van der Waals surface area (Å²) in [6.07, 6.45) is 0. The number of nitrogens with one attached hydrogen (secondary N) is 2. The molecule has 1 heterocycles. The Kier molecular flexibility index (Phi) is 6.86. The van der Waals surface area contributed by atoms with Gasteiger partial charge in [-0.25, -0.2) is 13.4 Å². The number of benzene rings is 3. The van der Waals surface area contributed by atoms with E-state index in [2.05, 4.69) is 10.6 Å². The molecule has 7 nitrogen and oxygen atoms in total. The second-order valence-corrected chi connectivity index (χ2v) is 9.98. The van der Waals surface area contributed by atoms with Crippen molar-refractivity contribution in [2.24, 2.45) is 0 Å². The van der Waals surface area contributed by atoms with Crippen LogP contribution < -0.4 is 10.6 Å². The van der Waals surface area contributed by atoms with E-state index < -0.39 is 9.84 Å². The quantitative estimate of drug-likeness (QED) is 0.353. The monoisotopic (exact) mass is 462 g/mol. The van der Waals surface area contributed by atoms with Gasteiger partial charge in [0.25, 0.3) is 0 Å². The molecule has 33 heavy (non-hydrogen) atoms. The van der Waals surface area contributed by atoms with Crippen molar-refractivity contribution < 1.29 is 13.2 Å². The van der Waals surface area contributed by atoms with Crippen LogP contribution in [0.5, 0.6) is 0 Å². The van der Waals surface area contributed by atoms with Crippen LogP contribution in [0.25, 0.3) is 10.9 Å². The molecule has 2 N–H and O–H groups in total. The molecule has 0 aliphatic rings. The van der Waals surface area contributed by atoms with Crippen molar-refractivity contribution in [2.75, 3.05) is 23.5 Å². The molecule has 1 aromatic heterocycles. The molecule has 0 bridgehead atoms. The van der Waals surface area contributed by atoms with Crippen LogP contribution in [0, 0.1) is 0 Å². The summed E-state index contributed by atoms with van der Waals surface area (Å²) in [6, 6.07) is 23.0. The third-order valence-corrected chi connectivity index (χ3v) is 6.84. The third-order valence-electron chi connectivity index (χ3n) is 5.18. The van der Waals surface area contributed by atoms with Gasteiger partial charge < -0.3 is 15.4 Å². The summed E-state index contributed by atoms with van der Waals surface area (Å²) in [6.45, 7) is 2.08. The molecule has 0 radical (unpaired) electrons. The fourth-order valence-corrected chi connectivity index (χ4v) is 4.37. The summed E-state index contributed by atoms with van der Waals surface area (Å²) in [7, 11) is -1.42. The van der Waals surface area contributed by atoms with Crippen LogP contribution in [0.15, 0.2) is 72.8 Å². The summed E-state index contributed by atoms with van der Waals surface area (Å²) in [5.41, 5.74) is 4.18. The van der Waals surface area contributed by atoms with Gasteiger partial charge in [0.1, 0.15) is 5.82 Å². The molecule has 3 aromatic carbocycles. The highest BCUT2D eigenvalue weighted by Gasteiger charge is 2.13. The maximum Gasteiger partial charge on any atom is 0.229 e. The SMILES string of the molecule is CCS(=O)(=O)Cc1ccc(Nc2nc(Nc3ccccc3)c3cccc(COC)c3n2)cc1. The zero-order chi connectivity index (χ0) is 23.3. The summed E-state index contributed by atoms with van der Waals surface area (Å²) in [4.78, 5) is 9.47. The Morgan fingerprint density at radius 2 is 1.58 bits per heavy atom. The number of hydrogen-bond acceptors (Lipinski definition) is 7. The van der Waals surface area contributed by atoms with Crippen molar-refractivity contribution in [3.05, 3.63) is 83.9 Å². The van der Waals surface area contributed by atoms with Crippen LogP contribution in [0.3, 0.4) is 0 Å². The van der Waals surface area contributed by atoms with E-state index in [1.165, 1.54) is 0 Å². The van der Waals surface area contributed by atoms with Gasteiger partial charge in [-0.05, 0) is 35.9 Å². The summed E-state index contributed by atoms with van der Waals surface area (Å²) >= 11 is 0. The molecule has 0 aliphatic carbocycles. The minimum atomic E-state index is -3.08. The van der Waals surface area contributed by atoms with E-state index in [4.69, 9.17) is 14.7 Å². The molecular formula is C25H26N4O3S. The number of para-hydroxylation sites is 2. The number of ether oxygens (including phenoxy) is 1. The molecule has 8 heteroatoms. The van der Waals surface area contributed by atoms with E-state index in [0.717, 1.165) is 33.4 Å². The Hall–Kier alpha value is -3.49. The Morgan fingerprint density at radius 1 is 0.848 bits per heavy atom. The number of fused-ring (bicyclic) bond motifs is 1. The number of aromatic nitrogens is 2. The van der Waals surface area contributed by atoms with E-state index in [-0.39, 0.29) is 11.5 Å². The van der Waals surface area contributed by atoms with Crippen molar-refractivity contribution in [2.45, 2.75) is 19.3 Å². The first kappa shape index (κ1) is 22.7. The molecule has 0 amide bonds. The lowest BCUT2D eigenvalue weighted by molar-refractivity contribution is 0.186. The standard InChI is InChI=1S/C25H26N4O3S/c1-3-33(30,31)17-18-12-14-21(15-13-18)27-25-28-23-19(16-32-2)8-7-11-22(23)24(29-25)26-20-9-5-4-6-10-20/h4-15H,3,16-17H2,1-2H3,(H2,26,27,28,29). The van der Waals surface area contributed by atoms with Crippen molar-refractivity contribution in [1.82, 2.24) is 9.97 Å². The molecule has 0 unspecified atom stereocenters. The van der Waals surface area contributed by atoms with E-state index in [9.17, 15) is 8.42 Å². The topological polar surface area (TPSA) is 93.2 Å². The van der Waals surface area contributed by atoms with Gasteiger partial charge in [-0.3, -0.25) is 0 Å². The number of hydrogen-bond donors (Lipinski definition) is 2. The first-order valence-electron chi connectivity index (χ1n) is 10.6. The normalized spacial score (nSPS) is 11.5. The maximum atomic E-state index is 11.9. The minimum Gasteiger partial charge on any atom is -0.380 e. The highest BCUT2D eigenvalue weighted by Crippen LogP contribution is 2.29. The van der Waals surface area contributed by atoms with Gasteiger partial charge >= 0.3 is 0 Å². The third kappa shape index (κ3) is 5.66. The lowest BCUT2D eigenvalue weighted by atomic mass is 10.1. The van der Waals surface area contributed by atoms with Crippen LogP contribution in [0.1, 0.15) is 18.1 Å². The second-order valence-electron chi connectivity index (χ2n) is 7.63. The predicted molar refractivity (Wildman–Crippen MR) is 133 cm³/mol. The molecule has 0 aliphatic heterocycles. The van der Waals surface area contributed by atoms with Crippen molar-refractivity contribution >= 4 is 43.9 Å². The van der Waals surface area contributed by atoms with E-state index >= 15 is 0 Å². The zero-order valence-corrected chi connectivity index (χ0v) is 19.4. The molecule has 170 valence electrons. The smallest absolute Gasteiger partial charge is 0.229 e. The first-order chi connectivity index (χ1) is 16.0. The predicted octanol–water partition coefficient (Wildman–Crippen LogP) is 5.20. The molecular weight excluding hydrogens is 436 g/mol. The van der Waals surface area contributed by atoms with E-state index in [1.54, 1.807) is 26.2 Å². The van der Waals surface area contributed by atoms with Crippen LogP contribution in [0.4, 0.5) is 23.1 Å². The number of nitrogens with zero attached hydrogens (tertiary/aromatic N) is 2. The zero-order valence-electron chi connectivity index (χ0n) is 18.6. The molecule has 0 atom stereocenters. The van der Waals surface area contributed by atoms with E-state index in [0.29, 0.717) is 18.4 Å². The number of rotatable bonds is 9. The average molecular weight is 463 g/mol. The fourth-order valence-electron chi connectivity index (χ4n) is 3.46.